The number of Topliss-reactive ketones (excluding diaryl/α,β-unsaturated/α-hetero) is 1. The van der Waals surface area contributed by atoms with Gasteiger partial charge in [-0.2, -0.15) is 0 Å². The lowest BCUT2D eigenvalue weighted by Crippen LogP contribution is -2.29. The molecule has 1 heteroatoms. The first-order chi connectivity index (χ1) is 6.37. The van der Waals surface area contributed by atoms with Crippen LogP contribution in [0.1, 0.15) is 66.2 Å². The van der Waals surface area contributed by atoms with E-state index >= 15 is 0 Å². The first-order valence-corrected chi connectivity index (χ1v) is 5.87. The Morgan fingerprint density at radius 3 is 2.29 bits per heavy atom. The van der Waals surface area contributed by atoms with Gasteiger partial charge in [0.05, 0.1) is 0 Å². The molecule has 1 fully saturated rings. The van der Waals surface area contributed by atoms with Crippen LogP contribution in [0, 0.1) is 10.8 Å². The summed E-state index contributed by atoms with van der Waals surface area (Å²) in [6.45, 7) is 8.86. The highest BCUT2D eigenvalue weighted by atomic mass is 16.1. The summed E-state index contributed by atoms with van der Waals surface area (Å²) in [5.41, 5.74) is 0.951. The van der Waals surface area contributed by atoms with Gasteiger partial charge in [0.25, 0.3) is 0 Å². The molecule has 0 bridgehead atoms. The zero-order chi connectivity index (χ0) is 10.8. The molecule has 14 heavy (non-hydrogen) atoms. The molecule has 1 aliphatic rings. The Bertz CT molecular complexity index is 217. The van der Waals surface area contributed by atoms with E-state index in [2.05, 4.69) is 20.8 Å². The van der Waals surface area contributed by atoms with Gasteiger partial charge >= 0.3 is 0 Å². The van der Waals surface area contributed by atoms with Crippen molar-refractivity contribution in [1.82, 2.24) is 0 Å². The Labute approximate surface area is 88.3 Å². The summed E-state index contributed by atoms with van der Waals surface area (Å²) in [4.78, 5) is 10.9. The van der Waals surface area contributed by atoms with E-state index in [4.69, 9.17) is 0 Å². The second kappa shape index (κ2) is 4.04. The molecule has 0 aromatic heterocycles. The maximum atomic E-state index is 10.9. The second-order valence-electron chi connectivity index (χ2n) is 5.85. The Kier molecular flexibility index (Phi) is 3.39. The van der Waals surface area contributed by atoms with Gasteiger partial charge in [0.1, 0.15) is 5.78 Å². The SMILES string of the molecule is CC(=O)CCCC1(C)CCCC1(C)C. The van der Waals surface area contributed by atoms with Crippen molar-refractivity contribution >= 4 is 5.78 Å². The smallest absolute Gasteiger partial charge is 0.129 e. The molecule has 0 saturated heterocycles. The largest absolute Gasteiger partial charge is 0.300 e. The van der Waals surface area contributed by atoms with Crippen LogP contribution >= 0.6 is 0 Å². The summed E-state index contributed by atoms with van der Waals surface area (Å²) < 4.78 is 0. The van der Waals surface area contributed by atoms with Gasteiger partial charge in [-0.05, 0) is 43.4 Å². The molecule has 1 aliphatic carbocycles. The van der Waals surface area contributed by atoms with Crippen LogP contribution in [0.5, 0.6) is 0 Å². The Balaban J connectivity index is 2.45. The predicted molar refractivity (Wildman–Crippen MR) is 60.3 cm³/mol. The van der Waals surface area contributed by atoms with Crippen molar-refractivity contribution in [3.8, 4) is 0 Å². The molecule has 1 rings (SSSR count). The number of carbonyl (C=O) groups is 1. The Morgan fingerprint density at radius 2 is 1.86 bits per heavy atom. The minimum Gasteiger partial charge on any atom is -0.300 e. The fourth-order valence-electron chi connectivity index (χ4n) is 2.75. The number of ketones is 1. The lowest BCUT2D eigenvalue weighted by molar-refractivity contribution is -0.117. The van der Waals surface area contributed by atoms with E-state index in [9.17, 15) is 4.79 Å². The van der Waals surface area contributed by atoms with Crippen molar-refractivity contribution < 1.29 is 4.79 Å². The topological polar surface area (TPSA) is 17.1 Å². The first-order valence-electron chi connectivity index (χ1n) is 5.87. The molecule has 82 valence electrons. The van der Waals surface area contributed by atoms with E-state index in [0.717, 1.165) is 12.8 Å². The van der Waals surface area contributed by atoms with Crippen LogP contribution in [0.2, 0.25) is 0 Å². The van der Waals surface area contributed by atoms with E-state index in [-0.39, 0.29) is 0 Å². The number of rotatable bonds is 4. The highest BCUT2D eigenvalue weighted by Crippen LogP contribution is 2.54. The van der Waals surface area contributed by atoms with Gasteiger partial charge < -0.3 is 4.79 Å². The standard InChI is InChI=1S/C13H24O/c1-11(14)7-5-9-13(4)10-6-8-12(13,2)3/h5-10H2,1-4H3. The Hall–Kier alpha value is -0.330. The molecule has 0 heterocycles. The minimum absolute atomic E-state index is 0.337. The fourth-order valence-corrected chi connectivity index (χ4v) is 2.75. The minimum atomic E-state index is 0.337. The van der Waals surface area contributed by atoms with Gasteiger partial charge in [-0.1, -0.05) is 27.2 Å². The molecule has 1 nitrogen and oxygen atoms in total. The zero-order valence-corrected chi connectivity index (χ0v) is 10.2. The van der Waals surface area contributed by atoms with Gasteiger partial charge in [0.15, 0.2) is 0 Å². The van der Waals surface area contributed by atoms with Crippen LogP contribution < -0.4 is 0 Å². The quantitative estimate of drug-likeness (QED) is 0.665. The molecule has 0 aromatic rings. The molecule has 1 atom stereocenters. The van der Waals surface area contributed by atoms with Crippen LogP contribution in [-0.2, 0) is 4.79 Å². The molecular formula is C13H24O. The lowest BCUT2D eigenvalue weighted by Gasteiger charge is -2.38. The molecule has 1 unspecified atom stereocenters. The Morgan fingerprint density at radius 1 is 1.21 bits per heavy atom. The average Bonchev–Trinajstić information content (AvgIpc) is 2.26. The molecule has 0 radical (unpaired) electrons. The van der Waals surface area contributed by atoms with Crippen LogP contribution in [-0.4, -0.2) is 5.78 Å². The van der Waals surface area contributed by atoms with E-state index in [1.807, 2.05) is 0 Å². The summed E-state index contributed by atoms with van der Waals surface area (Å²) in [6, 6.07) is 0. The highest BCUT2D eigenvalue weighted by Gasteiger charge is 2.44. The summed E-state index contributed by atoms with van der Waals surface area (Å²) in [5.74, 6) is 0.337. The molecular weight excluding hydrogens is 172 g/mol. The monoisotopic (exact) mass is 196 g/mol. The maximum absolute atomic E-state index is 10.9. The molecule has 0 spiro atoms. The van der Waals surface area contributed by atoms with Crippen LogP contribution in [0.4, 0.5) is 0 Å². The van der Waals surface area contributed by atoms with Gasteiger partial charge in [-0.25, -0.2) is 0 Å². The van der Waals surface area contributed by atoms with E-state index in [1.54, 1.807) is 6.92 Å². The van der Waals surface area contributed by atoms with Crippen LogP contribution in [0.25, 0.3) is 0 Å². The third-order valence-electron chi connectivity index (χ3n) is 4.42. The molecule has 0 amide bonds. The third-order valence-corrected chi connectivity index (χ3v) is 4.42. The first kappa shape index (κ1) is 11.7. The maximum Gasteiger partial charge on any atom is 0.129 e. The van der Waals surface area contributed by atoms with Crippen molar-refractivity contribution in [2.75, 3.05) is 0 Å². The van der Waals surface area contributed by atoms with Crippen molar-refractivity contribution in [2.24, 2.45) is 10.8 Å². The summed E-state index contributed by atoms with van der Waals surface area (Å²) >= 11 is 0. The molecule has 1 saturated carbocycles. The van der Waals surface area contributed by atoms with Gasteiger partial charge in [0.2, 0.25) is 0 Å². The van der Waals surface area contributed by atoms with Crippen LogP contribution in [0.15, 0.2) is 0 Å². The van der Waals surface area contributed by atoms with Crippen molar-refractivity contribution in [1.29, 1.82) is 0 Å². The van der Waals surface area contributed by atoms with E-state index in [0.29, 0.717) is 16.6 Å². The third kappa shape index (κ3) is 2.37. The number of carbonyl (C=O) groups excluding carboxylic acids is 1. The van der Waals surface area contributed by atoms with Crippen molar-refractivity contribution in [2.45, 2.75) is 66.2 Å². The molecule has 0 aromatic carbocycles. The lowest BCUT2D eigenvalue weighted by atomic mass is 9.67. The van der Waals surface area contributed by atoms with Crippen LogP contribution in [0.3, 0.4) is 0 Å². The highest BCUT2D eigenvalue weighted by molar-refractivity contribution is 5.75. The van der Waals surface area contributed by atoms with Crippen molar-refractivity contribution in [3.05, 3.63) is 0 Å². The average molecular weight is 196 g/mol. The van der Waals surface area contributed by atoms with Gasteiger partial charge in [0, 0.05) is 6.42 Å². The van der Waals surface area contributed by atoms with Gasteiger partial charge in [-0.3, -0.25) is 0 Å². The van der Waals surface area contributed by atoms with Crippen molar-refractivity contribution in [3.63, 3.8) is 0 Å². The van der Waals surface area contributed by atoms with E-state index < -0.39 is 0 Å². The fraction of sp³-hybridized carbons (Fsp3) is 0.923. The molecule has 0 N–H and O–H groups in total. The summed E-state index contributed by atoms with van der Waals surface area (Å²) in [7, 11) is 0. The number of hydrogen-bond donors (Lipinski definition) is 0. The summed E-state index contributed by atoms with van der Waals surface area (Å²) in [5, 5.41) is 0. The predicted octanol–water partition coefficient (Wildman–Crippen LogP) is 3.96. The number of hydrogen-bond acceptors (Lipinski definition) is 1. The zero-order valence-electron chi connectivity index (χ0n) is 10.2. The second-order valence-corrected chi connectivity index (χ2v) is 5.85. The normalized spacial score (nSPS) is 30.6. The van der Waals surface area contributed by atoms with Gasteiger partial charge in [-0.15, -0.1) is 0 Å². The molecule has 0 aliphatic heterocycles. The van der Waals surface area contributed by atoms with E-state index in [1.165, 1.54) is 25.7 Å². The summed E-state index contributed by atoms with van der Waals surface area (Å²) in [6.07, 6.45) is 7.13.